The number of methoxy groups -OCH3 is 1. The van der Waals surface area contributed by atoms with E-state index >= 15 is 0 Å². The van der Waals surface area contributed by atoms with Crippen molar-refractivity contribution in [1.82, 2.24) is 4.57 Å². The van der Waals surface area contributed by atoms with Crippen molar-refractivity contribution in [2.24, 2.45) is 0 Å². The Labute approximate surface area is 192 Å². The smallest absolute Gasteiger partial charge is 0.414 e. The third-order valence-electron chi connectivity index (χ3n) is 5.12. The van der Waals surface area contributed by atoms with Crippen molar-refractivity contribution >= 4 is 23.4 Å². The first-order chi connectivity index (χ1) is 15.5. The number of ether oxygens (including phenoxy) is 4. The molecule has 3 rings (SSSR count). The first-order valence-corrected chi connectivity index (χ1v) is 11.1. The molecule has 1 aromatic heterocycles. The number of carbonyl (C=O) groups excluding carboxylic acids is 1. The first kappa shape index (κ1) is 23.9. The van der Waals surface area contributed by atoms with Gasteiger partial charge in [0, 0.05) is 51.1 Å². The second-order valence-electron chi connectivity index (χ2n) is 7.45. The topological polar surface area (TPSA) is 79.2 Å². The Bertz CT molecular complexity index is 1010. The van der Waals surface area contributed by atoms with Crippen molar-refractivity contribution in [3.8, 4) is 22.8 Å². The summed E-state index contributed by atoms with van der Waals surface area (Å²) < 4.78 is 23.8. The van der Waals surface area contributed by atoms with Gasteiger partial charge in [0.25, 0.3) is 0 Å². The lowest BCUT2D eigenvalue weighted by Crippen LogP contribution is -2.32. The fraction of sp³-hybridized carbons (Fsp3) is 0.478. The fourth-order valence-corrected chi connectivity index (χ4v) is 3.55. The van der Waals surface area contributed by atoms with Crippen LogP contribution in [-0.2, 0) is 16.0 Å². The Morgan fingerprint density at radius 2 is 2.03 bits per heavy atom. The van der Waals surface area contributed by atoms with Crippen molar-refractivity contribution in [1.29, 1.82) is 0 Å². The molecule has 32 heavy (non-hydrogen) atoms. The second kappa shape index (κ2) is 11.2. The van der Waals surface area contributed by atoms with Crippen molar-refractivity contribution in [2.45, 2.75) is 32.7 Å². The Morgan fingerprint density at radius 3 is 2.78 bits per heavy atom. The molecular formula is C23H29ClN2O6. The molecule has 2 aromatic rings. The van der Waals surface area contributed by atoms with Crippen molar-refractivity contribution in [3.63, 3.8) is 0 Å². The normalized spacial score (nSPS) is 12.2. The minimum atomic E-state index is -0.556. The van der Waals surface area contributed by atoms with Crippen LogP contribution in [0, 0.1) is 0 Å². The predicted molar refractivity (Wildman–Crippen MR) is 123 cm³/mol. The molecule has 1 aliphatic rings. The van der Waals surface area contributed by atoms with Gasteiger partial charge in [0.15, 0.2) is 0 Å². The molecule has 8 nitrogen and oxygen atoms in total. The van der Waals surface area contributed by atoms with Crippen LogP contribution in [0.4, 0.5) is 10.5 Å². The number of halogens is 1. The van der Waals surface area contributed by atoms with Gasteiger partial charge in [0.05, 0.1) is 30.5 Å². The molecule has 0 spiro atoms. The van der Waals surface area contributed by atoms with E-state index in [4.69, 9.17) is 30.5 Å². The maximum atomic E-state index is 12.9. The molecule has 0 radical (unpaired) electrons. The standard InChI is InChI=1S/C23H29ClN2O6/c1-4-5-9-32-23(28)25(2)19-15-26-7-11-31-21-14-22(30-10-6-8-29-3)17(24)12-16(21)18(26)13-20(19)27/h12-15H,4-11H2,1-3H3. The molecule has 0 bridgehead atoms. The van der Waals surface area contributed by atoms with Gasteiger partial charge in [-0.25, -0.2) is 4.79 Å². The number of hydrogen-bond donors (Lipinski definition) is 0. The Kier molecular flexibility index (Phi) is 8.41. The molecule has 9 heteroatoms. The van der Waals surface area contributed by atoms with Crippen LogP contribution in [0.3, 0.4) is 0 Å². The van der Waals surface area contributed by atoms with Gasteiger partial charge in [0.2, 0.25) is 5.43 Å². The molecule has 0 fully saturated rings. The van der Waals surface area contributed by atoms with Gasteiger partial charge in [-0.15, -0.1) is 0 Å². The lowest BCUT2D eigenvalue weighted by atomic mass is 10.1. The van der Waals surface area contributed by atoms with E-state index in [0.717, 1.165) is 19.3 Å². The summed E-state index contributed by atoms with van der Waals surface area (Å²) in [6.07, 6.45) is 3.52. The number of aromatic nitrogens is 1. The highest BCUT2D eigenvalue weighted by molar-refractivity contribution is 6.32. The molecule has 2 heterocycles. The largest absolute Gasteiger partial charge is 0.492 e. The van der Waals surface area contributed by atoms with Gasteiger partial charge in [-0.1, -0.05) is 24.9 Å². The van der Waals surface area contributed by atoms with Crippen LogP contribution in [0.1, 0.15) is 26.2 Å². The molecule has 0 saturated carbocycles. The zero-order valence-electron chi connectivity index (χ0n) is 18.7. The molecule has 1 amide bonds. The quantitative estimate of drug-likeness (QED) is 0.513. The highest BCUT2D eigenvalue weighted by Gasteiger charge is 2.22. The van der Waals surface area contributed by atoms with E-state index in [2.05, 4.69) is 0 Å². The van der Waals surface area contributed by atoms with E-state index in [-0.39, 0.29) is 11.1 Å². The average Bonchev–Trinajstić information content (AvgIpc) is 2.94. The summed E-state index contributed by atoms with van der Waals surface area (Å²) in [4.78, 5) is 26.4. The molecular weight excluding hydrogens is 436 g/mol. The lowest BCUT2D eigenvalue weighted by molar-refractivity contribution is 0.153. The number of amides is 1. The van der Waals surface area contributed by atoms with Gasteiger partial charge < -0.3 is 23.5 Å². The highest BCUT2D eigenvalue weighted by atomic mass is 35.5. The van der Waals surface area contributed by atoms with Gasteiger partial charge in [-0.3, -0.25) is 9.69 Å². The van der Waals surface area contributed by atoms with Crippen LogP contribution in [0.5, 0.6) is 11.5 Å². The molecule has 0 aliphatic carbocycles. The molecule has 0 atom stereocenters. The predicted octanol–water partition coefficient (Wildman–Crippen LogP) is 4.35. The Morgan fingerprint density at radius 1 is 1.22 bits per heavy atom. The van der Waals surface area contributed by atoms with Crippen LogP contribution >= 0.6 is 11.6 Å². The number of benzene rings is 1. The molecule has 0 unspecified atom stereocenters. The molecule has 1 aromatic carbocycles. The van der Waals surface area contributed by atoms with E-state index in [0.29, 0.717) is 60.8 Å². The molecule has 174 valence electrons. The summed E-state index contributed by atoms with van der Waals surface area (Å²) in [5, 5.41) is 0.423. The molecule has 0 N–H and O–H groups in total. The van der Waals surface area contributed by atoms with Crippen molar-refractivity contribution < 1.29 is 23.7 Å². The minimum Gasteiger partial charge on any atom is -0.492 e. The number of hydrogen-bond acceptors (Lipinski definition) is 6. The van der Waals surface area contributed by atoms with Crippen molar-refractivity contribution in [2.75, 3.05) is 45.5 Å². The Balaban J connectivity index is 1.88. The lowest BCUT2D eigenvalue weighted by Gasteiger charge is -2.19. The first-order valence-electron chi connectivity index (χ1n) is 10.7. The van der Waals surface area contributed by atoms with Crippen LogP contribution in [0.2, 0.25) is 5.02 Å². The van der Waals surface area contributed by atoms with Crippen LogP contribution in [0.15, 0.2) is 29.2 Å². The van der Waals surface area contributed by atoms with Crippen molar-refractivity contribution in [3.05, 3.63) is 39.6 Å². The van der Waals surface area contributed by atoms with Gasteiger partial charge in [-0.05, 0) is 12.5 Å². The number of rotatable bonds is 9. The van der Waals surface area contributed by atoms with E-state index in [9.17, 15) is 9.59 Å². The maximum absolute atomic E-state index is 12.9. The zero-order valence-corrected chi connectivity index (χ0v) is 19.4. The number of anilines is 1. The second-order valence-corrected chi connectivity index (χ2v) is 7.86. The van der Waals surface area contributed by atoms with Crippen LogP contribution < -0.4 is 19.8 Å². The number of nitrogens with zero attached hydrogens (tertiary/aromatic N) is 2. The van der Waals surface area contributed by atoms with E-state index in [1.54, 1.807) is 25.4 Å². The zero-order chi connectivity index (χ0) is 23.1. The number of fused-ring (bicyclic) bond motifs is 3. The summed E-state index contributed by atoms with van der Waals surface area (Å²) in [7, 11) is 3.17. The van der Waals surface area contributed by atoms with E-state index < -0.39 is 6.09 Å². The third-order valence-corrected chi connectivity index (χ3v) is 5.41. The molecule has 1 aliphatic heterocycles. The summed E-state index contributed by atoms with van der Waals surface area (Å²) in [6, 6.07) is 4.98. The van der Waals surface area contributed by atoms with E-state index in [1.807, 2.05) is 11.5 Å². The third kappa shape index (κ3) is 5.55. The molecule has 0 saturated heterocycles. The van der Waals surface area contributed by atoms with Gasteiger partial charge in [-0.2, -0.15) is 0 Å². The summed E-state index contributed by atoms with van der Waals surface area (Å²) >= 11 is 6.45. The summed E-state index contributed by atoms with van der Waals surface area (Å²) in [5.41, 5.74) is 1.29. The maximum Gasteiger partial charge on any atom is 0.414 e. The fourth-order valence-electron chi connectivity index (χ4n) is 3.33. The highest BCUT2D eigenvalue weighted by Crippen LogP contribution is 2.40. The number of carbonyl (C=O) groups is 1. The number of pyridine rings is 1. The number of unbranched alkanes of at least 4 members (excludes halogenated alkanes) is 1. The van der Waals surface area contributed by atoms with Crippen LogP contribution in [0.25, 0.3) is 11.3 Å². The summed E-state index contributed by atoms with van der Waals surface area (Å²) in [5.74, 6) is 1.10. The van der Waals surface area contributed by atoms with Crippen LogP contribution in [-0.4, -0.2) is 51.2 Å². The SMILES string of the molecule is CCCCOC(=O)N(C)c1cn2c(cc1=O)-c1cc(Cl)c(OCCCOC)cc1OCC2. The van der Waals surface area contributed by atoms with Gasteiger partial charge >= 0.3 is 6.09 Å². The summed E-state index contributed by atoms with van der Waals surface area (Å²) in [6.45, 7) is 4.28. The van der Waals surface area contributed by atoms with Gasteiger partial charge in [0.1, 0.15) is 23.8 Å². The monoisotopic (exact) mass is 464 g/mol. The van der Waals surface area contributed by atoms with E-state index in [1.165, 1.54) is 18.0 Å². The minimum absolute atomic E-state index is 0.239. The average molecular weight is 465 g/mol. The Hall–Kier alpha value is -2.71.